The molecule has 1 atom stereocenters. The molecule has 3 rings (SSSR count). The van der Waals surface area contributed by atoms with Gasteiger partial charge in [0.1, 0.15) is 0 Å². The molecule has 3 nitrogen and oxygen atoms in total. The molecule has 1 aromatic carbocycles. The molecule has 0 heterocycles. The number of aliphatic hydroxyl groups excluding tert-OH is 1. The van der Waals surface area contributed by atoms with Gasteiger partial charge in [-0.15, -0.1) is 0 Å². The van der Waals surface area contributed by atoms with Crippen molar-refractivity contribution in [2.24, 2.45) is 5.92 Å². The number of allylic oxidation sites excluding steroid dienone is 2. The first-order valence-corrected chi connectivity index (χ1v) is 8.87. The van der Waals surface area contributed by atoms with Crippen molar-refractivity contribution in [3.05, 3.63) is 41.5 Å². The number of aryl methyl sites for hydroxylation is 1. The molecule has 1 amide bonds. The summed E-state index contributed by atoms with van der Waals surface area (Å²) in [6.07, 6.45) is 8.27. The second kappa shape index (κ2) is 7.31. The van der Waals surface area contributed by atoms with E-state index < -0.39 is 0 Å². The van der Waals surface area contributed by atoms with E-state index in [1.807, 2.05) is 0 Å². The number of amides is 1. The van der Waals surface area contributed by atoms with Crippen LogP contribution in [0.4, 0.5) is 0 Å². The van der Waals surface area contributed by atoms with Gasteiger partial charge in [0.15, 0.2) is 0 Å². The van der Waals surface area contributed by atoms with E-state index in [0.29, 0.717) is 0 Å². The number of hydrogen-bond acceptors (Lipinski definition) is 2. The molecule has 1 saturated carbocycles. The number of aliphatic hydroxyl groups is 1. The van der Waals surface area contributed by atoms with Gasteiger partial charge in [-0.1, -0.05) is 30.3 Å². The first-order valence-electron chi connectivity index (χ1n) is 8.87. The van der Waals surface area contributed by atoms with Crippen LogP contribution in [-0.2, 0) is 4.79 Å². The Balaban J connectivity index is 1.56. The van der Waals surface area contributed by atoms with Gasteiger partial charge in [0.05, 0.1) is 6.10 Å². The molecule has 2 aliphatic carbocycles. The minimum absolute atomic E-state index is 0.106. The summed E-state index contributed by atoms with van der Waals surface area (Å²) in [4.78, 5) is 12.5. The van der Waals surface area contributed by atoms with Crippen LogP contribution in [0.1, 0.15) is 56.1 Å². The fraction of sp³-hybridized carbons (Fsp3) is 0.550. The standard InChI is InChI=1S/C20H27NO2/c1-14-4-2-3-5-19(14)15-6-8-16(9-7-15)20(23)21-17-10-12-18(22)13-11-17/h2-6,16-18,22H,7-13H2,1H3,(H,21,23)/t16?,17-,18+. The summed E-state index contributed by atoms with van der Waals surface area (Å²) in [7, 11) is 0. The van der Waals surface area contributed by atoms with Gasteiger partial charge in [-0.25, -0.2) is 0 Å². The monoisotopic (exact) mass is 313 g/mol. The molecular formula is C20H27NO2. The van der Waals surface area contributed by atoms with E-state index in [2.05, 4.69) is 42.6 Å². The lowest BCUT2D eigenvalue weighted by atomic mass is 9.84. The number of benzene rings is 1. The molecule has 2 N–H and O–H groups in total. The molecule has 1 aromatic rings. The summed E-state index contributed by atoms with van der Waals surface area (Å²) in [6.45, 7) is 2.15. The smallest absolute Gasteiger partial charge is 0.223 e. The maximum absolute atomic E-state index is 12.5. The lowest BCUT2D eigenvalue weighted by Gasteiger charge is -2.29. The summed E-state index contributed by atoms with van der Waals surface area (Å²) in [5, 5.41) is 12.7. The van der Waals surface area contributed by atoms with E-state index in [0.717, 1.165) is 44.9 Å². The maximum Gasteiger partial charge on any atom is 0.223 e. The number of nitrogens with one attached hydrogen (secondary N) is 1. The molecule has 0 aromatic heterocycles. The Morgan fingerprint density at radius 2 is 1.87 bits per heavy atom. The molecule has 1 fully saturated rings. The predicted molar refractivity (Wildman–Crippen MR) is 92.9 cm³/mol. The van der Waals surface area contributed by atoms with Crippen LogP contribution in [0.2, 0.25) is 0 Å². The van der Waals surface area contributed by atoms with Crippen molar-refractivity contribution in [2.75, 3.05) is 0 Å². The van der Waals surface area contributed by atoms with E-state index in [1.54, 1.807) is 0 Å². The van der Waals surface area contributed by atoms with Crippen LogP contribution >= 0.6 is 0 Å². The Hall–Kier alpha value is -1.61. The molecule has 3 heteroatoms. The van der Waals surface area contributed by atoms with Gasteiger partial charge in [-0.3, -0.25) is 4.79 Å². The third-order valence-electron chi connectivity index (χ3n) is 5.32. The average Bonchev–Trinajstić information content (AvgIpc) is 2.57. The Morgan fingerprint density at radius 1 is 1.13 bits per heavy atom. The van der Waals surface area contributed by atoms with Crippen LogP contribution in [0.5, 0.6) is 0 Å². The van der Waals surface area contributed by atoms with Crippen LogP contribution < -0.4 is 5.32 Å². The molecule has 23 heavy (non-hydrogen) atoms. The summed E-state index contributed by atoms with van der Waals surface area (Å²) < 4.78 is 0. The van der Waals surface area contributed by atoms with Gasteiger partial charge in [0.25, 0.3) is 0 Å². The van der Waals surface area contributed by atoms with Crippen LogP contribution in [-0.4, -0.2) is 23.2 Å². The quantitative estimate of drug-likeness (QED) is 0.896. The Kier molecular flexibility index (Phi) is 5.16. The number of carbonyl (C=O) groups is 1. The Labute approximate surface area is 138 Å². The van der Waals surface area contributed by atoms with Gasteiger partial charge in [-0.2, -0.15) is 0 Å². The highest BCUT2D eigenvalue weighted by molar-refractivity contribution is 5.81. The van der Waals surface area contributed by atoms with Gasteiger partial charge in [0, 0.05) is 12.0 Å². The number of carbonyl (C=O) groups excluding carboxylic acids is 1. The molecule has 0 spiro atoms. The molecule has 2 aliphatic rings. The van der Waals surface area contributed by atoms with Crippen molar-refractivity contribution < 1.29 is 9.90 Å². The third-order valence-corrected chi connectivity index (χ3v) is 5.32. The number of rotatable bonds is 3. The SMILES string of the molecule is Cc1ccccc1C1=CCC(C(=O)N[C@H]2CC[C@@H](O)CC2)CC1. The van der Waals surface area contributed by atoms with Gasteiger partial charge >= 0.3 is 0 Å². The number of hydrogen-bond donors (Lipinski definition) is 2. The molecule has 0 saturated heterocycles. The fourth-order valence-electron chi connectivity index (χ4n) is 3.79. The van der Waals surface area contributed by atoms with Crippen LogP contribution in [0.15, 0.2) is 30.3 Å². The summed E-state index contributed by atoms with van der Waals surface area (Å²) >= 11 is 0. The second-order valence-electron chi connectivity index (χ2n) is 7.03. The van der Waals surface area contributed by atoms with Crippen LogP contribution in [0.25, 0.3) is 5.57 Å². The van der Waals surface area contributed by atoms with Gasteiger partial charge in [0.2, 0.25) is 5.91 Å². The van der Waals surface area contributed by atoms with Crippen molar-refractivity contribution in [3.8, 4) is 0 Å². The van der Waals surface area contributed by atoms with E-state index >= 15 is 0 Å². The lowest BCUT2D eigenvalue weighted by molar-refractivity contribution is -0.126. The van der Waals surface area contributed by atoms with Gasteiger partial charge < -0.3 is 10.4 Å². The minimum atomic E-state index is -0.169. The van der Waals surface area contributed by atoms with Crippen molar-refractivity contribution >= 4 is 11.5 Å². The molecular weight excluding hydrogens is 286 g/mol. The predicted octanol–water partition coefficient (Wildman–Crippen LogP) is 3.60. The highest BCUT2D eigenvalue weighted by Gasteiger charge is 2.26. The first-order chi connectivity index (χ1) is 11.1. The molecule has 0 bridgehead atoms. The van der Waals surface area contributed by atoms with Crippen molar-refractivity contribution in [1.82, 2.24) is 5.32 Å². The highest BCUT2D eigenvalue weighted by atomic mass is 16.3. The van der Waals surface area contributed by atoms with Crippen LogP contribution in [0.3, 0.4) is 0 Å². The summed E-state index contributed by atoms with van der Waals surface area (Å²) in [5.41, 5.74) is 4.02. The summed E-state index contributed by atoms with van der Waals surface area (Å²) in [5.74, 6) is 0.307. The summed E-state index contributed by atoms with van der Waals surface area (Å²) in [6, 6.07) is 8.73. The first kappa shape index (κ1) is 16.3. The van der Waals surface area contributed by atoms with E-state index in [1.165, 1.54) is 16.7 Å². The second-order valence-corrected chi connectivity index (χ2v) is 7.03. The average molecular weight is 313 g/mol. The zero-order chi connectivity index (χ0) is 16.2. The van der Waals surface area contributed by atoms with Crippen molar-refractivity contribution in [2.45, 2.75) is 64.0 Å². The van der Waals surface area contributed by atoms with Crippen molar-refractivity contribution in [3.63, 3.8) is 0 Å². The maximum atomic E-state index is 12.5. The fourth-order valence-corrected chi connectivity index (χ4v) is 3.79. The van der Waals surface area contributed by atoms with Gasteiger partial charge in [-0.05, 0) is 68.6 Å². The van der Waals surface area contributed by atoms with E-state index in [9.17, 15) is 9.90 Å². The Morgan fingerprint density at radius 3 is 2.52 bits per heavy atom. The molecule has 0 aliphatic heterocycles. The highest BCUT2D eigenvalue weighted by Crippen LogP contribution is 2.32. The normalized spacial score (nSPS) is 28.1. The van der Waals surface area contributed by atoms with E-state index in [4.69, 9.17) is 0 Å². The lowest BCUT2D eigenvalue weighted by Crippen LogP contribution is -2.41. The molecule has 0 radical (unpaired) electrons. The molecule has 124 valence electrons. The zero-order valence-electron chi connectivity index (χ0n) is 13.9. The minimum Gasteiger partial charge on any atom is -0.393 e. The van der Waals surface area contributed by atoms with Crippen molar-refractivity contribution in [1.29, 1.82) is 0 Å². The Bertz CT molecular complexity index is 585. The largest absolute Gasteiger partial charge is 0.393 e. The topological polar surface area (TPSA) is 49.3 Å². The van der Waals surface area contributed by atoms with E-state index in [-0.39, 0.29) is 24.0 Å². The van der Waals surface area contributed by atoms with Crippen LogP contribution in [0, 0.1) is 12.8 Å². The zero-order valence-corrected chi connectivity index (χ0v) is 13.9. The third kappa shape index (κ3) is 4.03. The molecule has 1 unspecified atom stereocenters.